The highest BCUT2D eigenvalue weighted by Gasteiger charge is 2.41. The van der Waals surface area contributed by atoms with E-state index in [0.717, 1.165) is 18.4 Å². The minimum atomic E-state index is -1.06. The highest BCUT2D eigenvalue weighted by molar-refractivity contribution is 5.66. The molecule has 0 aromatic carbocycles. The molecule has 2 rings (SSSR count). The molecule has 3 nitrogen and oxygen atoms in total. The molecule has 0 spiro atoms. The first kappa shape index (κ1) is 15.3. The number of fused-ring (bicyclic) bond motifs is 1. The zero-order valence-corrected chi connectivity index (χ0v) is 13.0. The summed E-state index contributed by atoms with van der Waals surface area (Å²) in [5, 5.41) is 10.6. The smallest absolute Gasteiger partial charge is 0.302 e. The second-order valence-electron chi connectivity index (χ2n) is 6.71. The topological polar surface area (TPSA) is 46.5 Å². The van der Waals surface area contributed by atoms with Gasteiger partial charge in [0.2, 0.25) is 0 Å². The Labute approximate surface area is 121 Å². The normalized spacial score (nSPS) is 32.5. The maximum Gasteiger partial charge on any atom is 0.302 e. The highest BCUT2D eigenvalue weighted by Crippen LogP contribution is 2.50. The monoisotopic (exact) mass is 278 g/mol. The van der Waals surface area contributed by atoms with Gasteiger partial charge in [-0.3, -0.25) is 4.79 Å². The third kappa shape index (κ3) is 2.83. The lowest BCUT2D eigenvalue weighted by Gasteiger charge is -2.44. The molecule has 0 aromatic heterocycles. The lowest BCUT2D eigenvalue weighted by molar-refractivity contribution is -0.146. The molecule has 2 aliphatic carbocycles. The average Bonchev–Trinajstić information content (AvgIpc) is 2.37. The van der Waals surface area contributed by atoms with Crippen LogP contribution in [0.2, 0.25) is 0 Å². The van der Waals surface area contributed by atoms with Gasteiger partial charge in [0.05, 0.1) is 0 Å². The summed E-state index contributed by atoms with van der Waals surface area (Å²) in [5.74, 6) is 0.238. The Bertz CT molecular complexity index is 459. The summed E-state index contributed by atoms with van der Waals surface area (Å²) in [7, 11) is 0. The van der Waals surface area contributed by atoms with Crippen LogP contribution >= 0.6 is 0 Å². The Kier molecular flexibility index (Phi) is 4.10. The van der Waals surface area contributed by atoms with Crippen molar-refractivity contribution < 1.29 is 14.6 Å². The van der Waals surface area contributed by atoms with Gasteiger partial charge < -0.3 is 9.84 Å². The minimum Gasteiger partial charge on any atom is -0.462 e. The van der Waals surface area contributed by atoms with Gasteiger partial charge in [0.1, 0.15) is 12.2 Å². The molecule has 0 aliphatic heterocycles. The molecule has 3 heteroatoms. The van der Waals surface area contributed by atoms with Gasteiger partial charge in [-0.15, -0.1) is 0 Å². The van der Waals surface area contributed by atoms with Gasteiger partial charge in [-0.05, 0) is 44.1 Å². The second kappa shape index (κ2) is 5.36. The van der Waals surface area contributed by atoms with Crippen molar-refractivity contribution in [3.05, 3.63) is 23.3 Å². The van der Waals surface area contributed by atoms with Gasteiger partial charge in [-0.1, -0.05) is 31.6 Å². The number of esters is 1. The zero-order valence-electron chi connectivity index (χ0n) is 13.0. The van der Waals surface area contributed by atoms with Crippen molar-refractivity contribution in [2.24, 2.45) is 11.3 Å². The Morgan fingerprint density at radius 2 is 2.25 bits per heavy atom. The molecule has 2 aliphatic rings. The van der Waals surface area contributed by atoms with E-state index in [1.165, 1.54) is 25.3 Å². The number of aliphatic hydroxyl groups is 1. The standard InChI is InChI=1S/C17H26O3/c1-12-6-5-7-14-8-9-15(10-16(12,14)3)17(4,19)11-20-13(2)18/h7,10,12,19H,5-6,8-9,11H2,1-4H3. The summed E-state index contributed by atoms with van der Waals surface area (Å²) in [6.45, 7) is 7.71. The van der Waals surface area contributed by atoms with E-state index >= 15 is 0 Å². The lowest BCUT2D eigenvalue weighted by atomic mass is 9.61. The Balaban J connectivity index is 2.25. The molecule has 0 aromatic rings. The van der Waals surface area contributed by atoms with Crippen LogP contribution < -0.4 is 0 Å². The van der Waals surface area contributed by atoms with Crippen LogP contribution in [0.1, 0.15) is 53.4 Å². The van der Waals surface area contributed by atoms with E-state index < -0.39 is 5.60 Å². The number of carbonyl (C=O) groups is 1. The Hall–Kier alpha value is -1.09. The summed E-state index contributed by atoms with van der Waals surface area (Å²) in [6, 6.07) is 0. The van der Waals surface area contributed by atoms with Crippen molar-refractivity contribution in [3.8, 4) is 0 Å². The van der Waals surface area contributed by atoms with Crippen molar-refractivity contribution in [1.82, 2.24) is 0 Å². The van der Waals surface area contributed by atoms with E-state index in [0.29, 0.717) is 5.92 Å². The average molecular weight is 278 g/mol. The van der Waals surface area contributed by atoms with Crippen molar-refractivity contribution in [1.29, 1.82) is 0 Å². The molecule has 0 radical (unpaired) electrons. The summed E-state index contributed by atoms with van der Waals surface area (Å²) in [6.07, 6.45) is 8.81. The second-order valence-corrected chi connectivity index (χ2v) is 6.71. The third-order valence-corrected chi connectivity index (χ3v) is 5.09. The number of rotatable bonds is 3. The predicted octanol–water partition coefficient (Wildman–Crippen LogP) is 3.38. The summed E-state index contributed by atoms with van der Waals surface area (Å²) >= 11 is 0. The van der Waals surface area contributed by atoms with Crippen molar-refractivity contribution >= 4 is 5.97 Å². The summed E-state index contributed by atoms with van der Waals surface area (Å²) in [5.41, 5.74) is 1.50. The van der Waals surface area contributed by atoms with E-state index in [9.17, 15) is 9.90 Å². The maximum absolute atomic E-state index is 11.0. The third-order valence-electron chi connectivity index (χ3n) is 5.09. The quantitative estimate of drug-likeness (QED) is 0.636. The molecule has 0 saturated heterocycles. The summed E-state index contributed by atoms with van der Waals surface area (Å²) < 4.78 is 5.01. The van der Waals surface area contributed by atoms with Crippen LogP contribution in [-0.4, -0.2) is 23.3 Å². The first-order chi connectivity index (χ1) is 9.25. The van der Waals surface area contributed by atoms with Crippen LogP contribution in [0.25, 0.3) is 0 Å². The molecule has 20 heavy (non-hydrogen) atoms. The fourth-order valence-corrected chi connectivity index (χ4v) is 3.41. The highest BCUT2D eigenvalue weighted by atomic mass is 16.5. The van der Waals surface area contributed by atoms with Crippen LogP contribution in [0.3, 0.4) is 0 Å². The van der Waals surface area contributed by atoms with Crippen LogP contribution in [0.15, 0.2) is 23.3 Å². The lowest BCUT2D eigenvalue weighted by Crippen LogP contribution is -2.39. The Morgan fingerprint density at radius 3 is 2.90 bits per heavy atom. The van der Waals surface area contributed by atoms with Gasteiger partial charge >= 0.3 is 5.97 Å². The number of hydrogen-bond donors (Lipinski definition) is 1. The molecule has 3 atom stereocenters. The molecule has 0 saturated carbocycles. The number of carbonyl (C=O) groups excluding carboxylic acids is 1. The van der Waals surface area contributed by atoms with Gasteiger partial charge in [0, 0.05) is 12.3 Å². The van der Waals surface area contributed by atoms with Gasteiger partial charge in [0.25, 0.3) is 0 Å². The van der Waals surface area contributed by atoms with Crippen LogP contribution in [0.4, 0.5) is 0 Å². The van der Waals surface area contributed by atoms with Crippen LogP contribution in [0, 0.1) is 11.3 Å². The van der Waals surface area contributed by atoms with E-state index in [1.54, 1.807) is 6.92 Å². The SMILES string of the molecule is CC(=O)OCC(C)(O)C1=CC2(C)C(=CCCC2C)CC1. The molecular formula is C17H26O3. The van der Waals surface area contributed by atoms with Crippen LogP contribution in [-0.2, 0) is 9.53 Å². The van der Waals surface area contributed by atoms with Crippen LogP contribution in [0.5, 0.6) is 0 Å². The van der Waals surface area contributed by atoms with Gasteiger partial charge in [-0.2, -0.15) is 0 Å². The van der Waals surface area contributed by atoms with Gasteiger partial charge in [0.15, 0.2) is 0 Å². The van der Waals surface area contributed by atoms with E-state index in [4.69, 9.17) is 4.74 Å². The largest absolute Gasteiger partial charge is 0.462 e. The molecule has 3 unspecified atom stereocenters. The molecule has 0 amide bonds. The van der Waals surface area contributed by atoms with Crippen molar-refractivity contribution in [2.75, 3.05) is 6.61 Å². The Morgan fingerprint density at radius 1 is 1.55 bits per heavy atom. The number of hydrogen-bond acceptors (Lipinski definition) is 3. The fraction of sp³-hybridized carbons (Fsp3) is 0.706. The first-order valence-corrected chi connectivity index (χ1v) is 7.53. The molecule has 112 valence electrons. The first-order valence-electron chi connectivity index (χ1n) is 7.53. The fourth-order valence-electron chi connectivity index (χ4n) is 3.41. The maximum atomic E-state index is 11.0. The molecular weight excluding hydrogens is 252 g/mol. The van der Waals surface area contributed by atoms with E-state index in [2.05, 4.69) is 26.0 Å². The number of allylic oxidation sites excluding steroid dienone is 3. The number of ether oxygens (including phenoxy) is 1. The minimum absolute atomic E-state index is 0.0394. The molecule has 1 N–H and O–H groups in total. The van der Waals surface area contributed by atoms with E-state index in [-0.39, 0.29) is 18.0 Å². The predicted molar refractivity (Wildman–Crippen MR) is 79.2 cm³/mol. The molecule has 0 bridgehead atoms. The van der Waals surface area contributed by atoms with Crippen molar-refractivity contribution in [3.63, 3.8) is 0 Å². The van der Waals surface area contributed by atoms with E-state index in [1.807, 2.05) is 0 Å². The molecule has 0 fully saturated rings. The van der Waals surface area contributed by atoms with Gasteiger partial charge in [-0.25, -0.2) is 0 Å². The molecule has 0 heterocycles. The van der Waals surface area contributed by atoms with Crippen molar-refractivity contribution in [2.45, 2.75) is 59.0 Å². The summed E-state index contributed by atoms with van der Waals surface area (Å²) in [4.78, 5) is 11.0. The zero-order chi connectivity index (χ0) is 15.0.